The number of nitrogens with zero attached hydrogens (tertiary/aromatic N) is 1. The van der Waals surface area contributed by atoms with Gasteiger partial charge in [0.2, 0.25) is 0 Å². The molecule has 24 heavy (non-hydrogen) atoms. The van der Waals surface area contributed by atoms with Crippen molar-refractivity contribution in [3.8, 4) is 0 Å². The van der Waals surface area contributed by atoms with E-state index in [4.69, 9.17) is 9.26 Å². The predicted molar refractivity (Wildman–Crippen MR) is 95.4 cm³/mol. The quantitative estimate of drug-likeness (QED) is 0.552. The lowest BCUT2D eigenvalue weighted by Gasteiger charge is -2.10. The fourth-order valence-electron chi connectivity index (χ4n) is 2.25. The number of amides is 1. The van der Waals surface area contributed by atoms with E-state index in [1.165, 1.54) is 0 Å². The predicted octanol–water partition coefficient (Wildman–Crippen LogP) is 3.74. The molecule has 2 rings (SSSR count). The van der Waals surface area contributed by atoms with Crippen LogP contribution in [-0.2, 0) is 10.5 Å². The lowest BCUT2D eigenvalue weighted by Crippen LogP contribution is -2.25. The molecule has 0 bridgehead atoms. The number of hydrogen-bond donors (Lipinski definition) is 1. The summed E-state index contributed by atoms with van der Waals surface area (Å²) in [5.74, 6) is 1.52. The smallest absolute Gasteiger partial charge is 0.252 e. The summed E-state index contributed by atoms with van der Waals surface area (Å²) in [6.45, 7) is 7.79. The second kappa shape index (κ2) is 9.49. The Morgan fingerprint density at radius 3 is 2.83 bits per heavy atom. The van der Waals surface area contributed by atoms with Crippen LogP contribution in [0.2, 0.25) is 0 Å². The molecular formula is C18H24N2O3S. The van der Waals surface area contributed by atoms with Crippen molar-refractivity contribution in [2.75, 3.05) is 19.8 Å². The largest absolute Gasteiger partial charge is 0.382 e. The van der Waals surface area contributed by atoms with Gasteiger partial charge in [-0.2, -0.15) is 0 Å². The zero-order valence-corrected chi connectivity index (χ0v) is 15.2. The Morgan fingerprint density at radius 1 is 1.33 bits per heavy atom. The van der Waals surface area contributed by atoms with Crippen LogP contribution < -0.4 is 5.32 Å². The molecule has 0 saturated heterocycles. The van der Waals surface area contributed by atoms with Crippen LogP contribution in [0.25, 0.3) is 0 Å². The van der Waals surface area contributed by atoms with Gasteiger partial charge in [-0.1, -0.05) is 17.3 Å². The van der Waals surface area contributed by atoms with E-state index in [0.717, 1.165) is 34.1 Å². The van der Waals surface area contributed by atoms with Crippen molar-refractivity contribution in [2.45, 2.75) is 37.8 Å². The molecule has 0 saturated carbocycles. The van der Waals surface area contributed by atoms with E-state index >= 15 is 0 Å². The molecule has 1 aromatic heterocycles. The van der Waals surface area contributed by atoms with Crippen LogP contribution >= 0.6 is 11.8 Å². The van der Waals surface area contributed by atoms with Gasteiger partial charge >= 0.3 is 0 Å². The van der Waals surface area contributed by atoms with Gasteiger partial charge in [0.1, 0.15) is 5.76 Å². The molecule has 0 atom stereocenters. The Labute approximate surface area is 147 Å². The first-order chi connectivity index (χ1) is 11.6. The fraction of sp³-hybridized carbons (Fsp3) is 0.444. The number of benzene rings is 1. The third kappa shape index (κ3) is 5.11. The molecule has 0 spiro atoms. The number of aromatic nitrogens is 1. The molecule has 5 nitrogen and oxygen atoms in total. The van der Waals surface area contributed by atoms with Gasteiger partial charge in [-0.15, -0.1) is 11.8 Å². The maximum absolute atomic E-state index is 12.4. The van der Waals surface area contributed by atoms with E-state index in [1.807, 2.05) is 45.0 Å². The maximum atomic E-state index is 12.4. The van der Waals surface area contributed by atoms with Crippen LogP contribution in [-0.4, -0.2) is 30.8 Å². The molecule has 1 aromatic carbocycles. The number of thioether (sulfide) groups is 1. The van der Waals surface area contributed by atoms with Gasteiger partial charge in [-0.3, -0.25) is 4.79 Å². The summed E-state index contributed by atoms with van der Waals surface area (Å²) >= 11 is 1.62. The SMILES string of the molecule is CCOCCCNC(=O)c1ccccc1SCc1c(C)noc1C. The molecule has 2 aromatic rings. The number of hydrogen-bond acceptors (Lipinski definition) is 5. The van der Waals surface area contributed by atoms with Crippen molar-refractivity contribution in [2.24, 2.45) is 0 Å². The molecule has 1 amide bonds. The standard InChI is InChI=1S/C18H24N2O3S/c1-4-22-11-7-10-19-18(21)15-8-5-6-9-17(15)24-12-16-13(2)20-23-14(16)3/h5-6,8-9H,4,7,10-12H2,1-3H3,(H,19,21). The number of aryl methyl sites for hydroxylation is 2. The first-order valence-corrected chi connectivity index (χ1v) is 9.11. The van der Waals surface area contributed by atoms with Gasteiger partial charge in [-0.25, -0.2) is 0 Å². The van der Waals surface area contributed by atoms with E-state index in [9.17, 15) is 4.79 Å². The van der Waals surface area contributed by atoms with Gasteiger partial charge in [0.25, 0.3) is 5.91 Å². The summed E-state index contributed by atoms with van der Waals surface area (Å²) in [7, 11) is 0. The highest BCUT2D eigenvalue weighted by atomic mass is 32.2. The molecule has 0 aliphatic rings. The van der Waals surface area contributed by atoms with Crippen molar-refractivity contribution < 1.29 is 14.1 Å². The van der Waals surface area contributed by atoms with Crippen LogP contribution in [0.4, 0.5) is 0 Å². The summed E-state index contributed by atoms with van der Waals surface area (Å²) in [6.07, 6.45) is 0.813. The average molecular weight is 348 g/mol. The minimum Gasteiger partial charge on any atom is -0.382 e. The van der Waals surface area contributed by atoms with E-state index in [0.29, 0.717) is 25.3 Å². The van der Waals surface area contributed by atoms with Gasteiger partial charge in [0, 0.05) is 36.0 Å². The first-order valence-electron chi connectivity index (χ1n) is 8.13. The Balaban J connectivity index is 1.95. The average Bonchev–Trinajstić information content (AvgIpc) is 2.91. The highest BCUT2D eigenvalue weighted by Crippen LogP contribution is 2.28. The minimum atomic E-state index is -0.0478. The lowest BCUT2D eigenvalue weighted by molar-refractivity contribution is 0.0941. The third-order valence-corrected chi connectivity index (χ3v) is 4.74. The molecule has 0 radical (unpaired) electrons. The lowest BCUT2D eigenvalue weighted by atomic mass is 10.2. The molecule has 1 N–H and O–H groups in total. The number of carbonyl (C=O) groups excluding carboxylic acids is 1. The minimum absolute atomic E-state index is 0.0478. The second-order valence-corrected chi connectivity index (χ2v) is 6.41. The van der Waals surface area contributed by atoms with Gasteiger partial charge in [0.15, 0.2) is 0 Å². The van der Waals surface area contributed by atoms with E-state index in [2.05, 4.69) is 10.5 Å². The molecular weight excluding hydrogens is 324 g/mol. The Bertz CT molecular complexity index is 651. The third-order valence-electron chi connectivity index (χ3n) is 3.64. The molecule has 0 aliphatic heterocycles. The number of rotatable bonds is 9. The zero-order chi connectivity index (χ0) is 17.4. The van der Waals surface area contributed by atoms with Crippen LogP contribution in [0.3, 0.4) is 0 Å². The zero-order valence-electron chi connectivity index (χ0n) is 14.4. The summed E-state index contributed by atoms with van der Waals surface area (Å²) in [5.41, 5.74) is 2.69. The fourth-order valence-corrected chi connectivity index (χ4v) is 3.46. The normalized spacial score (nSPS) is 10.8. The Kier molecular flexibility index (Phi) is 7.34. The molecule has 6 heteroatoms. The summed E-state index contributed by atoms with van der Waals surface area (Å²) in [6, 6.07) is 7.65. The van der Waals surface area contributed by atoms with Gasteiger partial charge < -0.3 is 14.6 Å². The second-order valence-electron chi connectivity index (χ2n) is 5.39. The van der Waals surface area contributed by atoms with Crippen LogP contribution in [0.5, 0.6) is 0 Å². The van der Waals surface area contributed by atoms with E-state index in [-0.39, 0.29) is 5.91 Å². The summed E-state index contributed by atoms with van der Waals surface area (Å²) in [5, 5.41) is 6.92. The number of ether oxygens (including phenoxy) is 1. The van der Waals surface area contributed by atoms with E-state index < -0.39 is 0 Å². The monoisotopic (exact) mass is 348 g/mol. The van der Waals surface area contributed by atoms with Crippen molar-refractivity contribution in [3.63, 3.8) is 0 Å². The summed E-state index contributed by atoms with van der Waals surface area (Å²) in [4.78, 5) is 13.4. The van der Waals surface area contributed by atoms with Gasteiger partial charge in [0.05, 0.1) is 11.3 Å². The van der Waals surface area contributed by atoms with Crippen LogP contribution in [0, 0.1) is 13.8 Å². The highest BCUT2D eigenvalue weighted by molar-refractivity contribution is 7.98. The summed E-state index contributed by atoms with van der Waals surface area (Å²) < 4.78 is 10.5. The molecule has 0 fully saturated rings. The first kappa shape index (κ1) is 18.5. The molecule has 1 heterocycles. The van der Waals surface area contributed by atoms with Crippen LogP contribution in [0.1, 0.15) is 40.7 Å². The van der Waals surface area contributed by atoms with E-state index in [1.54, 1.807) is 11.8 Å². The number of nitrogens with one attached hydrogen (secondary N) is 1. The van der Waals surface area contributed by atoms with Crippen LogP contribution in [0.15, 0.2) is 33.7 Å². The van der Waals surface area contributed by atoms with Gasteiger partial charge in [-0.05, 0) is 39.3 Å². The van der Waals surface area contributed by atoms with Crippen molar-refractivity contribution >= 4 is 17.7 Å². The maximum Gasteiger partial charge on any atom is 0.252 e. The number of carbonyl (C=O) groups is 1. The topological polar surface area (TPSA) is 64.4 Å². The Morgan fingerprint density at radius 2 is 2.12 bits per heavy atom. The molecule has 0 aliphatic carbocycles. The van der Waals surface area contributed by atoms with Crippen molar-refractivity contribution in [3.05, 3.63) is 46.8 Å². The highest BCUT2D eigenvalue weighted by Gasteiger charge is 2.14. The Hall–Kier alpha value is -1.79. The van der Waals surface area contributed by atoms with Crippen molar-refractivity contribution in [1.82, 2.24) is 10.5 Å². The van der Waals surface area contributed by atoms with Crippen molar-refractivity contribution in [1.29, 1.82) is 0 Å². The molecule has 0 unspecified atom stereocenters. The molecule has 130 valence electrons.